The molecule has 0 heterocycles. The molecule has 1 aromatic rings. The molecule has 1 nitrogen and oxygen atoms in total. The molecule has 1 unspecified atom stereocenters. The molecule has 0 aliphatic rings. The van der Waals surface area contributed by atoms with Crippen LogP contribution in [0.1, 0.15) is 18.1 Å². The van der Waals surface area contributed by atoms with Gasteiger partial charge in [0, 0.05) is 6.04 Å². The summed E-state index contributed by atoms with van der Waals surface area (Å²) in [6.07, 6.45) is 1.14. The van der Waals surface area contributed by atoms with Gasteiger partial charge in [0.2, 0.25) is 0 Å². The molecule has 0 saturated carbocycles. The third-order valence-electron chi connectivity index (χ3n) is 2.66. The van der Waals surface area contributed by atoms with E-state index in [9.17, 15) is 0 Å². The molecule has 72 valence electrons. The fourth-order valence-electron chi connectivity index (χ4n) is 1.34. The zero-order valence-corrected chi connectivity index (χ0v) is 9.04. The van der Waals surface area contributed by atoms with Gasteiger partial charge in [-0.1, -0.05) is 24.3 Å². The van der Waals surface area contributed by atoms with Gasteiger partial charge in [0.15, 0.2) is 0 Å². The largest absolute Gasteiger partial charge is 0.306 e. The first-order chi connectivity index (χ1) is 6.11. The lowest BCUT2D eigenvalue weighted by molar-refractivity contribution is 0.312. The van der Waals surface area contributed by atoms with Crippen molar-refractivity contribution in [2.45, 2.75) is 26.3 Å². The monoisotopic (exact) mass is 177 g/mol. The third-order valence-corrected chi connectivity index (χ3v) is 2.66. The average Bonchev–Trinajstić information content (AvgIpc) is 2.08. The highest BCUT2D eigenvalue weighted by atomic mass is 15.1. The smallest absolute Gasteiger partial charge is 0.0101 e. The van der Waals surface area contributed by atoms with E-state index in [4.69, 9.17) is 0 Å². The molecule has 0 aromatic heterocycles. The van der Waals surface area contributed by atoms with Crippen LogP contribution in [0.4, 0.5) is 0 Å². The Morgan fingerprint density at radius 3 is 2.38 bits per heavy atom. The number of likely N-dealkylation sites (N-methyl/N-ethyl adjacent to an activating group) is 1. The Hall–Kier alpha value is -0.820. The van der Waals surface area contributed by atoms with Crippen LogP contribution in [0, 0.1) is 6.92 Å². The fraction of sp³-hybridized carbons (Fsp3) is 0.500. The quantitative estimate of drug-likeness (QED) is 0.685. The summed E-state index contributed by atoms with van der Waals surface area (Å²) in [4.78, 5) is 2.26. The van der Waals surface area contributed by atoms with E-state index < -0.39 is 0 Å². The van der Waals surface area contributed by atoms with Gasteiger partial charge in [-0.25, -0.2) is 0 Å². The summed E-state index contributed by atoms with van der Waals surface area (Å²) in [6.45, 7) is 4.43. The van der Waals surface area contributed by atoms with Gasteiger partial charge in [0.05, 0.1) is 0 Å². The molecule has 1 heteroatoms. The van der Waals surface area contributed by atoms with Gasteiger partial charge in [0.1, 0.15) is 0 Å². The normalized spacial score (nSPS) is 13.3. The fourth-order valence-corrected chi connectivity index (χ4v) is 1.34. The van der Waals surface area contributed by atoms with Crippen molar-refractivity contribution < 1.29 is 0 Å². The summed E-state index contributed by atoms with van der Waals surface area (Å²) >= 11 is 0. The van der Waals surface area contributed by atoms with Crippen LogP contribution in [0.15, 0.2) is 24.3 Å². The van der Waals surface area contributed by atoms with Crippen molar-refractivity contribution in [3.05, 3.63) is 35.4 Å². The van der Waals surface area contributed by atoms with Crippen molar-refractivity contribution in [2.24, 2.45) is 0 Å². The van der Waals surface area contributed by atoms with E-state index in [1.807, 2.05) is 0 Å². The van der Waals surface area contributed by atoms with Crippen LogP contribution in [-0.4, -0.2) is 25.0 Å². The lowest BCUT2D eigenvalue weighted by Crippen LogP contribution is -2.26. The molecule has 0 fully saturated rings. The lowest BCUT2D eigenvalue weighted by Gasteiger charge is -2.20. The molecular weight excluding hydrogens is 158 g/mol. The van der Waals surface area contributed by atoms with Crippen LogP contribution in [0.5, 0.6) is 0 Å². The summed E-state index contributed by atoms with van der Waals surface area (Å²) in [5, 5.41) is 0. The Bertz CT molecular complexity index is 266. The maximum atomic E-state index is 2.26. The van der Waals surface area contributed by atoms with Gasteiger partial charge >= 0.3 is 0 Å². The van der Waals surface area contributed by atoms with Crippen molar-refractivity contribution in [3.63, 3.8) is 0 Å². The zero-order valence-electron chi connectivity index (χ0n) is 9.04. The Kier molecular flexibility index (Phi) is 3.49. The molecule has 0 saturated heterocycles. The molecular formula is C12H19N. The second-order valence-electron chi connectivity index (χ2n) is 3.94. The lowest BCUT2D eigenvalue weighted by atomic mass is 10.0. The highest BCUT2D eigenvalue weighted by Crippen LogP contribution is 2.11. The Morgan fingerprint density at radius 2 is 1.85 bits per heavy atom. The van der Waals surface area contributed by atoms with E-state index in [0.717, 1.165) is 6.42 Å². The first-order valence-corrected chi connectivity index (χ1v) is 4.82. The van der Waals surface area contributed by atoms with Crippen LogP contribution >= 0.6 is 0 Å². The first kappa shape index (κ1) is 10.3. The van der Waals surface area contributed by atoms with Gasteiger partial charge < -0.3 is 4.90 Å². The first-order valence-electron chi connectivity index (χ1n) is 4.82. The molecule has 0 amide bonds. The highest BCUT2D eigenvalue weighted by molar-refractivity contribution is 5.26. The predicted molar refractivity (Wildman–Crippen MR) is 58.0 cm³/mol. The molecule has 1 aromatic carbocycles. The summed E-state index contributed by atoms with van der Waals surface area (Å²) in [5.74, 6) is 0. The molecule has 0 aliphatic heterocycles. The van der Waals surface area contributed by atoms with E-state index in [1.165, 1.54) is 11.1 Å². The minimum atomic E-state index is 0.612. The van der Waals surface area contributed by atoms with Gasteiger partial charge in [-0.2, -0.15) is 0 Å². The Balaban J connectivity index is 2.69. The zero-order chi connectivity index (χ0) is 9.84. The predicted octanol–water partition coefficient (Wildman–Crippen LogP) is 2.49. The molecule has 1 rings (SSSR count). The summed E-state index contributed by atoms with van der Waals surface area (Å²) in [5.41, 5.74) is 2.86. The highest BCUT2D eigenvalue weighted by Gasteiger charge is 2.06. The van der Waals surface area contributed by atoms with Crippen molar-refractivity contribution in [1.29, 1.82) is 0 Å². The van der Waals surface area contributed by atoms with Gasteiger partial charge in [-0.15, -0.1) is 0 Å². The van der Waals surface area contributed by atoms with Crippen LogP contribution < -0.4 is 0 Å². The number of hydrogen-bond donors (Lipinski definition) is 0. The summed E-state index contributed by atoms with van der Waals surface area (Å²) in [6, 6.07) is 9.22. The molecule has 0 spiro atoms. The number of nitrogens with zero attached hydrogens (tertiary/aromatic N) is 1. The van der Waals surface area contributed by atoms with Crippen LogP contribution in [0.2, 0.25) is 0 Å². The molecule has 13 heavy (non-hydrogen) atoms. The SMILES string of the molecule is Cc1ccccc1CC(C)N(C)C. The second kappa shape index (κ2) is 4.43. The van der Waals surface area contributed by atoms with E-state index in [0.29, 0.717) is 6.04 Å². The standard InChI is InChI=1S/C12H19N/c1-10-7-5-6-8-12(10)9-11(2)13(3)4/h5-8,11H,9H2,1-4H3. The van der Waals surface area contributed by atoms with E-state index in [-0.39, 0.29) is 0 Å². The van der Waals surface area contributed by atoms with Crippen molar-refractivity contribution in [3.8, 4) is 0 Å². The summed E-state index contributed by atoms with van der Waals surface area (Å²) < 4.78 is 0. The van der Waals surface area contributed by atoms with Crippen LogP contribution in [-0.2, 0) is 6.42 Å². The third kappa shape index (κ3) is 2.85. The number of aryl methyl sites for hydroxylation is 1. The van der Waals surface area contributed by atoms with Gasteiger partial charge in [-0.05, 0) is 45.5 Å². The molecule has 0 bridgehead atoms. The second-order valence-corrected chi connectivity index (χ2v) is 3.94. The minimum absolute atomic E-state index is 0.612. The molecule has 0 radical (unpaired) electrons. The topological polar surface area (TPSA) is 3.24 Å². The van der Waals surface area contributed by atoms with Gasteiger partial charge in [-0.3, -0.25) is 0 Å². The minimum Gasteiger partial charge on any atom is -0.306 e. The van der Waals surface area contributed by atoms with Crippen molar-refractivity contribution in [1.82, 2.24) is 4.90 Å². The van der Waals surface area contributed by atoms with E-state index in [2.05, 4.69) is 57.1 Å². The Morgan fingerprint density at radius 1 is 1.23 bits per heavy atom. The number of benzene rings is 1. The molecule has 0 aliphatic carbocycles. The molecule has 0 N–H and O–H groups in total. The van der Waals surface area contributed by atoms with Crippen LogP contribution in [0.25, 0.3) is 0 Å². The number of rotatable bonds is 3. The Labute approximate surface area is 81.4 Å². The maximum absolute atomic E-state index is 2.26. The van der Waals surface area contributed by atoms with Gasteiger partial charge in [0.25, 0.3) is 0 Å². The average molecular weight is 177 g/mol. The van der Waals surface area contributed by atoms with Crippen LogP contribution in [0.3, 0.4) is 0 Å². The van der Waals surface area contributed by atoms with E-state index >= 15 is 0 Å². The number of hydrogen-bond acceptors (Lipinski definition) is 1. The maximum Gasteiger partial charge on any atom is 0.0101 e. The van der Waals surface area contributed by atoms with E-state index in [1.54, 1.807) is 0 Å². The van der Waals surface area contributed by atoms with Crippen molar-refractivity contribution in [2.75, 3.05) is 14.1 Å². The van der Waals surface area contributed by atoms with Crippen molar-refractivity contribution >= 4 is 0 Å². The summed E-state index contributed by atoms with van der Waals surface area (Å²) in [7, 11) is 4.26. The molecule has 1 atom stereocenters.